The molecular weight excluding hydrogens is 212 g/mol. The molecule has 4 nitrogen and oxygen atoms in total. The molecule has 94 valence electrons. The summed E-state index contributed by atoms with van der Waals surface area (Å²) in [6.45, 7) is 2.76. The third-order valence-corrected chi connectivity index (χ3v) is 3.56. The Hall–Kier alpha value is -1.13. The number of nitrogens with zero attached hydrogens (tertiary/aromatic N) is 3. The first-order valence-corrected chi connectivity index (χ1v) is 6.27. The molecule has 2 rings (SSSR count). The first-order chi connectivity index (χ1) is 8.20. The molecule has 0 amide bonds. The number of piperidine rings is 1. The Balaban J connectivity index is 1.95. The fraction of sp³-hybridized carbons (Fsp3) is 0.615. The average molecular weight is 234 g/mol. The molecule has 1 aromatic heterocycles. The maximum absolute atomic E-state index is 5.57. The Kier molecular flexibility index (Phi) is 3.97. The number of anilines is 1. The van der Waals surface area contributed by atoms with Crippen LogP contribution in [0.3, 0.4) is 0 Å². The van der Waals surface area contributed by atoms with Crippen molar-refractivity contribution in [1.82, 2.24) is 9.88 Å². The van der Waals surface area contributed by atoms with E-state index in [1.165, 1.54) is 12.8 Å². The van der Waals surface area contributed by atoms with E-state index in [0.29, 0.717) is 6.54 Å². The summed E-state index contributed by atoms with van der Waals surface area (Å²) in [6.07, 6.45) is 4.31. The van der Waals surface area contributed by atoms with E-state index in [-0.39, 0.29) is 0 Å². The predicted octanol–water partition coefficient (Wildman–Crippen LogP) is 1.07. The van der Waals surface area contributed by atoms with Crippen LogP contribution in [0.1, 0.15) is 18.4 Å². The molecule has 1 aliphatic rings. The van der Waals surface area contributed by atoms with E-state index >= 15 is 0 Å². The maximum Gasteiger partial charge on any atom is 0.128 e. The Labute approximate surface area is 103 Å². The number of nitrogens with two attached hydrogens (primary N) is 1. The number of pyridine rings is 1. The first kappa shape index (κ1) is 12.3. The maximum atomic E-state index is 5.57. The van der Waals surface area contributed by atoms with Crippen LogP contribution in [0, 0.1) is 0 Å². The van der Waals surface area contributed by atoms with Gasteiger partial charge in [0.1, 0.15) is 5.82 Å². The van der Waals surface area contributed by atoms with Crippen molar-refractivity contribution in [3.63, 3.8) is 0 Å². The second-order valence-corrected chi connectivity index (χ2v) is 4.91. The highest BCUT2D eigenvalue weighted by Gasteiger charge is 2.21. The van der Waals surface area contributed by atoms with Crippen molar-refractivity contribution < 1.29 is 0 Å². The quantitative estimate of drug-likeness (QED) is 0.850. The van der Waals surface area contributed by atoms with Gasteiger partial charge in [-0.25, -0.2) is 4.98 Å². The lowest BCUT2D eigenvalue weighted by molar-refractivity contribution is 0.249. The van der Waals surface area contributed by atoms with Gasteiger partial charge >= 0.3 is 0 Å². The Bertz CT molecular complexity index is 339. The molecule has 0 bridgehead atoms. The molecule has 17 heavy (non-hydrogen) atoms. The summed E-state index contributed by atoms with van der Waals surface area (Å²) in [4.78, 5) is 9.16. The van der Waals surface area contributed by atoms with Crippen LogP contribution < -0.4 is 10.6 Å². The zero-order chi connectivity index (χ0) is 12.3. The van der Waals surface area contributed by atoms with E-state index in [1.54, 1.807) is 0 Å². The zero-order valence-corrected chi connectivity index (χ0v) is 10.8. The predicted molar refractivity (Wildman–Crippen MR) is 71.1 cm³/mol. The van der Waals surface area contributed by atoms with E-state index in [4.69, 9.17) is 5.73 Å². The van der Waals surface area contributed by atoms with Crippen molar-refractivity contribution in [2.75, 3.05) is 32.1 Å². The van der Waals surface area contributed by atoms with Crippen LogP contribution in [0.15, 0.2) is 18.3 Å². The van der Waals surface area contributed by atoms with Gasteiger partial charge in [-0.3, -0.25) is 0 Å². The standard InChI is InChI=1S/C13H22N4/c1-16(2)12-5-7-17(8-6-12)13-4-3-11(9-14)10-15-13/h3-4,10,12H,5-9,14H2,1-2H3. The molecular formula is C13H22N4. The molecule has 0 saturated carbocycles. The lowest BCUT2D eigenvalue weighted by Gasteiger charge is -2.35. The number of rotatable bonds is 3. The molecule has 0 spiro atoms. The highest BCUT2D eigenvalue weighted by Crippen LogP contribution is 2.19. The molecule has 0 aromatic carbocycles. The molecule has 4 heteroatoms. The summed E-state index contributed by atoms with van der Waals surface area (Å²) in [5.74, 6) is 1.08. The topological polar surface area (TPSA) is 45.4 Å². The van der Waals surface area contributed by atoms with E-state index < -0.39 is 0 Å². The lowest BCUT2D eigenvalue weighted by atomic mass is 10.0. The van der Waals surface area contributed by atoms with Gasteiger partial charge in [0.2, 0.25) is 0 Å². The minimum absolute atomic E-state index is 0.565. The summed E-state index contributed by atoms with van der Waals surface area (Å²) >= 11 is 0. The number of hydrogen-bond donors (Lipinski definition) is 1. The monoisotopic (exact) mass is 234 g/mol. The Morgan fingerprint density at radius 3 is 2.53 bits per heavy atom. The van der Waals surface area contributed by atoms with E-state index in [0.717, 1.165) is 30.5 Å². The van der Waals surface area contributed by atoms with Crippen LogP contribution in [0.5, 0.6) is 0 Å². The van der Waals surface area contributed by atoms with Crippen molar-refractivity contribution >= 4 is 5.82 Å². The van der Waals surface area contributed by atoms with Gasteiger partial charge in [-0.2, -0.15) is 0 Å². The van der Waals surface area contributed by atoms with Gasteiger partial charge in [0.15, 0.2) is 0 Å². The summed E-state index contributed by atoms with van der Waals surface area (Å²) in [5, 5.41) is 0. The summed E-state index contributed by atoms with van der Waals surface area (Å²) in [5.41, 5.74) is 6.67. The van der Waals surface area contributed by atoms with Gasteiger partial charge in [0.05, 0.1) is 0 Å². The second kappa shape index (κ2) is 5.47. The first-order valence-electron chi connectivity index (χ1n) is 6.27. The highest BCUT2D eigenvalue weighted by molar-refractivity contribution is 5.39. The SMILES string of the molecule is CN(C)C1CCN(c2ccc(CN)cn2)CC1. The fourth-order valence-corrected chi connectivity index (χ4v) is 2.34. The van der Waals surface area contributed by atoms with Gasteiger partial charge < -0.3 is 15.5 Å². The molecule has 1 aliphatic heterocycles. The summed E-state index contributed by atoms with van der Waals surface area (Å²) < 4.78 is 0. The summed E-state index contributed by atoms with van der Waals surface area (Å²) in [6, 6.07) is 4.87. The average Bonchev–Trinajstić information content (AvgIpc) is 2.39. The third kappa shape index (κ3) is 2.96. The zero-order valence-electron chi connectivity index (χ0n) is 10.8. The van der Waals surface area contributed by atoms with Gasteiger partial charge in [-0.05, 0) is 38.6 Å². The van der Waals surface area contributed by atoms with Crippen LogP contribution in [0.25, 0.3) is 0 Å². The van der Waals surface area contributed by atoms with Crippen molar-refractivity contribution in [2.45, 2.75) is 25.4 Å². The molecule has 0 unspecified atom stereocenters. The number of aromatic nitrogens is 1. The largest absolute Gasteiger partial charge is 0.357 e. The van der Waals surface area contributed by atoms with Crippen LogP contribution in [0.4, 0.5) is 5.82 Å². The van der Waals surface area contributed by atoms with Crippen LogP contribution in [-0.4, -0.2) is 43.1 Å². The van der Waals surface area contributed by atoms with Crippen LogP contribution in [0.2, 0.25) is 0 Å². The van der Waals surface area contributed by atoms with Crippen molar-refractivity contribution in [3.05, 3.63) is 23.9 Å². The van der Waals surface area contributed by atoms with Crippen molar-refractivity contribution in [1.29, 1.82) is 0 Å². The second-order valence-electron chi connectivity index (χ2n) is 4.91. The molecule has 1 fully saturated rings. The molecule has 2 heterocycles. The third-order valence-electron chi connectivity index (χ3n) is 3.56. The molecule has 1 aromatic rings. The number of hydrogen-bond acceptors (Lipinski definition) is 4. The van der Waals surface area contributed by atoms with Crippen LogP contribution >= 0.6 is 0 Å². The van der Waals surface area contributed by atoms with E-state index in [9.17, 15) is 0 Å². The van der Waals surface area contributed by atoms with Crippen molar-refractivity contribution in [3.8, 4) is 0 Å². The lowest BCUT2D eigenvalue weighted by Crippen LogP contribution is -2.42. The van der Waals surface area contributed by atoms with Gasteiger partial charge in [-0.15, -0.1) is 0 Å². The minimum Gasteiger partial charge on any atom is -0.357 e. The smallest absolute Gasteiger partial charge is 0.128 e. The molecule has 0 atom stereocenters. The fourth-order valence-electron chi connectivity index (χ4n) is 2.34. The van der Waals surface area contributed by atoms with Gasteiger partial charge in [0, 0.05) is 31.9 Å². The van der Waals surface area contributed by atoms with E-state index in [1.807, 2.05) is 6.20 Å². The van der Waals surface area contributed by atoms with Crippen molar-refractivity contribution in [2.24, 2.45) is 5.73 Å². The Morgan fingerprint density at radius 1 is 1.35 bits per heavy atom. The molecule has 0 aliphatic carbocycles. The minimum atomic E-state index is 0.565. The molecule has 2 N–H and O–H groups in total. The van der Waals surface area contributed by atoms with Gasteiger partial charge in [-0.1, -0.05) is 6.07 Å². The Morgan fingerprint density at radius 2 is 2.06 bits per heavy atom. The molecule has 0 radical (unpaired) electrons. The van der Waals surface area contributed by atoms with Crippen LogP contribution in [-0.2, 0) is 6.54 Å². The highest BCUT2D eigenvalue weighted by atomic mass is 15.2. The summed E-state index contributed by atoms with van der Waals surface area (Å²) in [7, 11) is 4.32. The normalized spacial score (nSPS) is 17.8. The van der Waals surface area contributed by atoms with Gasteiger partial charge in [0.25, 0.3) is 0 Å². The molecule has 1 saturated heterocycles. The van der Waals surface area contributed by atoms with E-state index in [2.05, 4.69) is 41.0 Å².